The Hall–Kier alpha value is -2.82. The molecule has 1 amide bonds. The highest BCUT2D eigenvalue weighted by Gasteiger charge is 2.12. The van der Waals surface area contributed by atoms with E-state index in [4.69, 9.17) is 0 Å². The molecule has 5 nitrogen and oxygen atoms in total. The summed E-state index contributed by atoms with van der Waals surface area (Å²) in [6.45, 7) is 0.489. The lowest BCUT2D eigenvalue weighted by molar-refractivity contribution is -0.121. The van der Waals surface area contributed by atoms with Gasteiger partial charge in [-0.15, -0.1) is 0 Å². The van der Waals surface area contributed by atoms with E-state index >= 15 is 0 Å². The minimum Gasteiger partial charge on any atom is -0.507 e. The number of hydrogen-bond acceptors (Lipinski definition) is 4. The van der Waals surface area contributed by atoms with Gasteiger partial charge < -0.3 is 15.2 Å². The zero-order valence-corrected chi connectivity index (χ0v) is 12.9. The molecule has 0 fully saturated rings. The zero-order chi connectivity index (χ0) is 16.7. The van der Waals surface area contributed by atoms with Crippen LogP contribution in [0.25, 0.3) is 0 Å². The van der Waals surface area contributed by atoms with Gasteiger partial charge in [-0.1, -0.05) is 36.4 Å². The number of carbonyl (C=O) groups is 2. The van der Waals surface area contributed by atoms with Gasteiger partial charge in [-0.3, -0.25) is 4.79 Å². The monoisotopic (exact) mass is 313 g/mol. The Labute approximate surface area is 134 Å². The molecule has 0 atom stereocenters. The van der Waals surface area contributed by atoms with E-state index in [-0.39, 0.29) is 17.2 Å². The van der Waals surface area contributed by atoms with Crippen LogP contribution in [0.5, 0.6) is 5.75 Å². The van der Waals surface area contributed by atoms with E-state index in [2.05, 4.69) is 10.1 Å². The summed E-state index contributed by atoms with van der Waals surface area (Å²) in [6, 6.07) is 14.3. The van der Waals surface area contributed by atoms with E-state index < -0.39 is 5.97 Å². The lowest BCUT2D eigenvalue weighted by Crippen LogP contribution is -2.22. The summed E-state index contributed by atoms with van der Waals surface area (Å²) >= 11 is 0. The molecule has 0 aliphatic carbocycles. The molecule has 0 heterocycles. The lowest BCUT2D eigenvalue weighted by Gasteiger charge is -2.07. The van der Waals surface area contributed by atoms with Crippen LogP contribution >= 0.6 is 0 Å². The van der Waals surface area contributed by atoms with Crippen molar-refractivity contribution in [2.24, 2.45) is 0 Å². The Morgan fingerprint density at radius 2 is 1.83 bits per heavy atom. The van der Waals surface area contributed by atoms with E-state index in [1.165, 1.54) is 13.2 Å². The number of aromatic hydroxyl groups is 1. The molecule has 2 N–H and O–H groups in total. The van der Waals surface area contributed by atoms with Gasteiger partial charge >= 0.3 is 5.97 Å². The summed E-state index contributed by atoms with van der Waals surface area (Å²) in [6.07, 6.45) is 0.781. The van der Waals surface area contributed by atoms with Crippen molar-refractivity contribution in [2.45, 2.75) is 19.4 Å². The van der Waals surface area contributed by atoms with Crippen molar-refractivity contribution in [1.29, 1.82) is 0 Å². The van der Waals surface area contributed by atoms with Crippen LogP contribution in [0.2, 0.25) is 0 Å². The number of phenolic OH excluding ortho intramolecular Hbond substituents is 1. The molecule has 0 unspecified atom stereocenters. The predicted molar refractivity (Wildman–Crippen MR) is 86.1 cm³/mol. The number of phenols is 1. The number of nitrogens with one attached hydrogen (secondary N) is 1. The molecule has 2 aromatic rings. The maximum Gasteiger partial charge on any atom is 0.341 e. The lowest BCUT2D eigenvalue weighted by atomic mass is 10.1. The molecule has 0 radical (unpaired) electrons. The minimum atomic E-state index is -0.599. The molecule has 120 valence electrons. The summed E-state index contributed by atoms with van der Waals surface area (Å²) < 4.78 is 4.61. The molecule has 0 aliphatic rings. The fourth-order valence-corrected chi connectivity index (χ4v) is 2.15. The number of ether oxygens (including phenoxy) is 1. The van der Waals surface area contributed by atoms with Crippen molar-refractivity contribution in [1.82, 2.24) is 5.32 Å². The van der Waals surface area contributed by atoms with Gasteiger partial charge in [0.1, 0.15) is 11.3 Å². The maximum atomic E-state index is 11.9. The fraction of sp³-hybridized carbons (Fsp3) is 0.222. The number of benzene rings is 2. The van der Waals surface area contributed by atoms with E-state index in [1.54, 1.807) is 12.1 Å². The highest BCUT2D eigenvalue weighted by Crippen LogP contribution is 2.20. The first-order chi connectivity index (χ1) is 11.1. The van der Waals surface area contributed by atoms with E-state index in [1.807, 2.05) is 30.3 Å². The van der Waals surface area contributed by atoms with Crippen LogP contribution in [0, 0.1) is 0 Å². The van der Waals surface area contributed by atoms with Gasteiger partial charge in [0, 0.05) is 13.0 Å². The summed E-state index contributed by atoms with van der Waals surface area (Å²) in [7, 11) is 1.26. The Morgan fingerprint density at radius 3 is 2.52 bits per heavy atom. The van der Waals surface area contributed by atoms with Crippen molar-refractivity contribution < 1.29 is 19.4 Å². The SMILES string of the molecule is COC(=O)c1cc(CCC(=O)NCc2ccccc2)ccc1O. The second-order valence-electron chi connectivity index (χ2n) is 5.11. The molecule has 0 bridgehead atoms. The molecule has 0 spiro atoms. The van der Waals surface area contributed by atoms with Gasteiger partial charge in [-0.25, -0.2) is 4.79 Å². The first kappa shape index (κ1) is 16.5. The van der Waals surface area contributed by atoms with Crippen LogP contribution in [-0.2, 0) is 22.5 Å². The quantitative estimate of drug-likeness (QED) is 0.803. The molecule has 0 aromatic heterocycles. The van der Waals surface area contributed by atoms with Crippen LogP contribution in [0.15, 0.2) is 48.5 Å². The predicted octanol–water partition coefficient (Wildman–Crippen LogP) is 2.43. The number of methoxy groups -OCH3 is 1. The van der Waals surface area contributed by atoms with Crippen molar-refractivity contribution in [3.05, 3.63) is 65.2 Å². The first-order valence-corrected chi connectivity index (χ1v) is 7.31. The molecular weight excluding hydrogens is 294 g/mol. The van der Waals surface area contributed by atoms with Gasteiger partial charge in [0.25, 0.3) is 0 Å². The second-order valence-corrected chi connectivity index (χ2v) is 5.11. The van der Waals surface area contributed by atoms with Crippen LogP contribution in [0.4, 0.5) is 0 Å². The van der Waals surface area contributed by atoms with Gasteiger partial charge in [-0.2, -0.15) is 0 Å². The summed E-state index contributed by atoms with van der Waals surface area (Å²) in [5.74, 6) is -0.798. The number of aryl methyl sites for hydroxylation is 1. The van der Waals surface area contributed by atoms with Crippen molar-refractivity contribution in [3.8, 4) is 5.75 Å². The molecule has 23 heavy (non-hydrogen) atoms. The number of amides is 1. The highest BCUT2D eigenvalue weighted by molar-refractivity contribution is 5.92. The smallest absolute Gasteiger partial charge is 0.341 e. The molecule has 0 saturated heterocycles. The van der Waals surface area contributed by atoms with Gasteiger partial charge in [0.05, 0.1) is 7.11 Å². The molecule has 2 rings (SSSR count). The normalized spacial score (nSPS) is 10.1. The van der Waals surface area contributed by atoms with Crippen molar-refractivity contribution in [2.75, 3.05) is 7.11 Å². The molecule has 2 aromatic carbocycles. The van der Waals surface area contributed by atoms with E-state index in [0.29, 0.717) is 19.4 Å². The molecule has 0 saturated carbocycles. The molecule has 5 heteroatoms. The van der Waals surface area contributed by atoms with Crippen LogP contribution < -0.4 is 5.32 Å². The Bertz CT molecular complexity index is 683. The second kappa shape index (κ2) is 7.98. The first-order valence-electron chi connectivity index (χ1n) is 7.31. The number of carbonyl (C=O) groups excluding carboxylic acids is 2. The van der Waals surface area contributed by atoms with Crippen molar-refractivity contribution >= 4 is 11.9 Å². The average Bonchev–Trinajstić information content (AvgIpc) is 2.59. The van der Waals surface area contributed by atoms with Crippen LogP contribution in [-0.4, -0.2) is 24.1 Å². The fourth-order valence-electron chi connectivity index (χ4n) is 2.15. The Morgan fingerprint density at radius 1 is 1.09 bits per heavy atom. The Kier molecular flexibility index (Phi) is 5.74. The number of hydrogen-bond donors (Lipinski definition) is 2. The highest BCUT2D eigenvalue weighted by atomic mass is 16.5. The minimum absolute atomic E-state index is 0.0680. The average molecular weight is 313 g/mol. The summed E-state index contributed by atoms with van der Waals surface area (Å²) in [5, 5.41) is 12.5. The van der Waals surface area contributed by atoms with Crippen LogP contribution in [0.3, 0.4) is 0 Å². The van der Waals surface area contributed by atoms with Gasteiger partial charge in [0.2, 0.25) is 5.91 Å². The molecule has 0 aliphatic heterocycles. The maximum absolute atomic E-state index is 11.9. The van der Waals surface area contributed by atoms with E-state index in [0.717, 1.165) is 11.1 Å². The largest absolute Gasteiger partial charge is 0.507 e. The topological polar surface area (TPSA) is 75.6 Å². The number of rotatable bonds is 6. The number of esters is 1. The summed E-state index contributed by atoms with van der Waals surface area (Å²) in [4.78, 5) is 23.4. The van der Waals surface area contributed by atoms with Gasteiger partial charge in [0.15, 0.2) is 0 Å². The third-order valence-electron chi connectivity index (χ3n) is 3.44. The summed E-state index contributed by atoms with van der Waals surface area (Å²) in [5.41, 5.74) is 1.94. The third kappa shape index (κ3) is 4.85. The van der Waals surface area contributed by atoms with E-state index in [9.17, 15) is 14.7 Å². The Balaban J connectivity index is 1.88. The zero-order valence-electron chi connectivity index (χ0n) is 12.9. The van der Waals surface area contributed by atoms with Gasteiger partial charge in [-0.05, 0) is 29.7 Å². The molecular formula is C18H19NO4. The van der Waals surface area contributed by atoms with Crippen molar-refractivity contribution in [3.63, 3.8) is 0 Å². The van der Waals surface area contributed by atoms with Crippen LogP contribution in [0.1, 0.15) is 27.9 Å². The third-order valence-corrected chi connectivity index (χ3v) is 3.44. The standard InChI is InChI=1S/C18H19NO4/c1-23-18(22)15-11-13(7-9-16(15)20)8-10-17(21)19-12-14-5-3-2-4-6-14/h2-7,9,11,20H,8,10,12H2,1H3,(H,19,21).